The highest BCUT2D eigenvalue weighted by atomic mass is 19.1. The largest absolute Gasteiger partial charge is 0.461 e. The second-order valence-electron chi connectivity index (χ2n) is 3.25. The van der Waals surface area contributed by atoms with Crippen molar-refractivity contribution in [3.05, 3.63) is 35.9 Å². The molecule has 0 aliphatic rings. The fourth-order valence-electron chi connectivity index (χ4n) is 0.895. The summed E-state index contributed by atoms with van der Waals surface area (Å²) in [6, 6.07) is 9.67. The van der Waals surface area contributed by atoms with Gasteiger partial charge in [-0.15, -0.1) is 0 Å². The van der Waals surface area contributed by atoms with Crippen molar-refractivity contribution in [2.24, 2.45) is 5.92 Å². The Morgan fingerprint density at radius 3 is 2.27 bits per heavy atom. The van der Waals surface area contributed by atoms with Gasteiger partial charge in [0.2, 0.25) is 0 Å². The van der Waals surface area contributed by atoms with Gasteiger partial charge in [0, 0.05) is 0 Å². The van der Waals surface area contributed by atoms with Gasteiger partial charge in [0.05, 0.1) is 13.1 Å². The molecule has 0 aliphatic heterocycles. The zero-order valence-electron chi connectivity index (χ0n) is 9.37. The lowest BCUT2D eigenvalue weighted by molar-refractivity contribution is -0.148. The summed E-state index contributed by atoms with van der Waals surface area (Å²) in [5.74, 6) is -0.201. The first-order chi connectivity index (χ1) is 7.20. The molecule has 0 aromatic heterocycles. The van der Waals surface area contributed by atoms with E-state index in [9.17, 15) is 9.18 Å². The van der Waals surface area contributed by atoms with Crippen molar-refractivity contribution < 1.29 is 13.9 Å². The maximum atomic E-state index is 11.1. The van der Waals surface area contributed by atoms with Crippen molar-refractivity contribution in [1.29, 1.82) is 0 Å². The Balaban J connectivity index is 0.000000921. The van der Waals surface area contributed by atoms with Crippen LogP contribution in [0.25, 0.3) is 0 Å². The second kappa shape index (κ2) is 7.97. The van der Waals surface area contributed by atoms with E-state index in [-0.39, 0.29) is 11.9 Å². The third-order valence-electron chi connectivity index (χ3n) is 1.70. The predicted octanol–water partition coefficient (Wildman–Crippen LogP) is 2.97. The number of hydrogen-bond donors (Lipinski definition) is 0. The molecule has 1 aromatic carbocycles. The number of benzene rings is 1. The van der Waals surface area contributed by atoms with E-state index in [0.717, 1.165) is 5.56 Å². The van der Waals surface area contributed by atoms with Crippen molar-refractivity contribution in [1.82, 2.24) is 0 Å². The van der Waals surface area contributed by atoms with Crippen LogP contribution in [0.2, 0.25) is 0 Å². The number of ether oxygens (including phenoxy) is 1. The van der Waals surface area contributed by atoms with Gasteiger partial charge in [-0.1, -0.05) is 44.2 Å². The quantitative estimate of drug-likeness (QED) is 0.720. The van der Waals surface area contributed by atoms with E-state index in [1.807, 2.05) is 44.2 Å². The molecule has 0 saturated carbocycles. The Kier molecular flexibility index (Phi) is 7.24. The summed E-state index contributed by atoms with van der Waals surface area (Å²) in [4.78, 5) is 11.1. The highest BCUT2D eigenvalue weighted by Gasteiger charge is 2.07. The molecule has 0 spiro atoms. The molecule has 1 rings (SSSR count). The molecule has 0 atom stereocenters. The molecule has 0 amide bonds. The molecule has 15 heavy (non-hydrogen) atoms. The van der Waals surface area contributed by atoms with Gasteiger partial charge in [0.15, 0.2) is 0 Å². The van der Waals surface area contributed by atoms with Crippen LogP contribution in [0.15, 0.2) is 30.3 Å². The van der Waals surface area contributed by atoms with Gasteiger partial charge in [-0.2, -0.15) is 0 Å². The van der Waals surface area contributed by atoms with E-state index in [1.165, 1.54) is 0 Å². The Morgan fingerprint density at radius 1 is 1.27 bits per heavy atom. The van der Waals surface area contributed by atoms with Gasteiger partial charge in [-0.3, -0.25) is 9.18 Å². The van der Waals surface area contributed by atoms with Crippen LogP contribution in [-0.4, -0.2) is 13.1 Å². The van der Waals surface area contributed by atoms with E-state index in [0.29, 0.717) is 13.8 Å². The first kappa shape index (κ1) is 13.6. The number of carbonyl (C=O) groups is 1. The lowest BCUT2D eigenvalue weighted by Crippen LogP contribution is -2.11. The molecular weight excluding hydrogens is 195 g/mol. The average molecular weight is 212 g/mol. The van der Waals surface area contributed by atoms with Crippen LogP contribution in [0, 0.1) is 5.92 Å². The van der Waals surface area contributed by atoms with E-state index in [2.05, 4.69) is 0 Å². The van der Waals surface area contributed by atoms with Crippen LogP contribution in [0.1, 0.15) is 19.4 Å². The molecule has 0 saturated heterocycles. The summed E-state index contributed by atoms with van der Waals surface area (Å²) in [6.45, 7) is 4.03. The van der Waals surface area contributed by atoms with Gasteiger partial charge in [0.25, 0.3) is 0 Å². The summed E-state index contributed by atoms with van der Waals surface area (Å²) in [5.41, 5.74) is 1.02. The highest BCUT2D eigenvalue weighted by Crippen LogP contribution is 2.03. The number of alkyl halides is 1. The minimum Gasteiger partial charge on any atom is -0.461 e. The Bertz CT molecular complexity index is 270. The normalized spacial score (nSPS) is 9.13. The SMILES string of the molecule is CC(C)C(=O)OCc1ccccc1.CF. The molecule has 0 fully saturated rings. The molecule has 0 radical (unpaired) electrons. The molecule has 2 nitrogen and oxygen atoms in total. The Hall–Kier alpha value is -1.38. The van der Waals surface area contributed by atoms with Crippen molar-refractivity contribution >= 4 is 5.97 Å². The number of carbonyl (C=O) groups excluding carboxylic acids is 1. The van der Waals surface area contributed by atoms with Gasteiger partial charge < -0.3 is 4.74 Å². The van der Waals surface area contributed by atoms with E-state index >= 15 is 0 Å². The first-order valence-corrected chi connectivity index (χ1v) is 4.78. The van der Waals surface area contributed by atoms with Gasteiger partial charge >= 0.3 is 5.97 Å². The summed E-state index contributed by atoms with van der Waals surface area (Å²) in [5, 5.41) is 0. The van der Waals surface area contributed by atoms with Gasteiger partial charge in [0.1, 0.15) is 6.61 Å². The third-order valence-corrected chi connectivity index (χ3v) is 1.70. The number of hydrogen-bond acceptors (Lipinski definition) is 2. The van der Waals surface area contributed by atoms with E-state index in [1.54, 1.807) is 0 Å². The van der Waals surface area contributed by atoms with Gasteiger partial charge in [-0.25, -0.2) is 0 Å². The molecule has 1 aromatic rings. The molecule has 84 valence electrons. The highest BCUT2D eigenvalue weighted by molar-refractivity contribution is 5.71. The Labute approximate surface area is 90.1 Å². The van der Waals surface area contributed by atoms with Crippen LogP contribution in [0.5, 0.6) is 0 Å². The summed E-state index contributed by atoms with van der Waals surface area (Å²) in [7, 11) is 0.500. The second-order valence-corrected chi connectivity index (χ2v) is 3.25. The third kappa shape index (κ3) is 5.83. The van der Waals surface area contributed by atoms with Crippen LogP contribution in [0.3, 0.4) is 0 Å². The molecule has 0 bridgehead atoms. The van der Waals surface area contributed by atoms with Crippen LogP contribution >= 0.6 is 0 Å². The topological polar surface area (TPSA) is 26.3 Å². The maximum Gasteiger partial charge on any atom is 0.308 e. The molecule has 0 heterocycles. The van der Waals surface area contributed by atoms with Crippen LogP contribution in [0.4, 0.5) is 4.39 Å². The maximum absolute atomic E-state index is 11.1. The van der Waals surface area contributed by atoms with Crippen molar-refractivity contribution in [2.45, 2.75) is 20.5 Å². The minimum atomic E-state index is -0.149. The van der Waals surface area contributed by atoms with Crippen LogP contribution < -0.4 is 0 Å². The van der Waals surface area contributed by atoms with Crippen molar-refractivity contribution in [3.63, 3.8) is 0 Å². The van der Waals surface area contributed by atoms with E-state index < -0.39 is 0 Å². The molecule has 0 N–H and O–H groups in total. The zero-order valence-corrected chi connectivity index (χ0v) is 9.37. The fourth-order valence-corrected chi connectivity index (χ4v) is 0.895. The molecule has 0 unspecified atom stereocenters. The lowest BCUT2D eigenvalue weighted by atomic mass is 10.2. The zero-order chi connectivity index (χ0) is 11.7. The fraction of sp³-hybridized carbons (Fsp3) is 0.417. The summed E-state index contributed by atoms with van der Waals surface area (Å²) >= 11 is 0. The summed E-state index contributed by atoms with van der Waals surface area (Å²) in [6.07, 6.45) is 0. The van der Waals surface area contributed by atoms with Gasteiger partial charge in [-0.05, 0) is 5.56 Å². The number of rotatable bonds is 3. The first-order valence-electron chi connectivity index (χ1n) is 4.78. The van der Waals surface area contributed by atoms with Crippen molar-refractivity contribution in [3.8, 4) is 0 Å². The minimum absolute atomic E-state index is 0.0521. The molecule has 0 aliphatic carbocycles. The number of esters is 1. The Morgan fingerprint density at radius 2 is 1.80 bits per heavy atom. The standard InChI is InChI=1S/C11H14O2.CH3F/c1-9(2)11(12)13-8-10-6-4-3-5-7-10;1-2/h3-7,9H,8H2,1-2H3;1H3. The number of halogens is 1. The molecular formula is C12H17FO2. The summed E-state index contributed by atoms with van der Waals surface area (Å²) < 4.78 is 14.6. The predicted molar refractivity (Wildman–Crippen MR) is 58.1 cm³/mol. The van der Waals surface area contributed by atoms with E-state index in [4.69, 9.17) is 4.74 Å². The molecule has 3 heteroatoms. The monoisotopic (exact) mass is 212 g/mol. The lowest BCUT2D eigenvalue weighted by Gasteiger charge is -2.06. The smallest absolute Gasteiger partial charge is 0.308 e. The van der Waals surface area contributed by atoms with Crippen molar-refractivity contribution in [2.75, 3.05) is 7.18 Å². The van der Waals surface area contributed by atoms with Crippen LogP contribution in [-0.2, 0) is 16.1 Å². The average Bonchev–Trinajstić information content (AvgIpc) is 2.30.